The molecule has 0 bridgehead atoms. The number of hydrogen-bond donors (Lipinski definition) is 0. The smallest absolute Gasteiger partial charge is 0.306 e. The standard InChI is InChI=1S/C73H116O6/c1-4-7-10-13-16-19-22-25-28-30-32-34-35-36-37-39-40-42-45-48-51-54-57-60-63-66-72(75)78-69-70(68-77-71(74)65-62-59-56-53-50-47-44-27-24-21-18-15-12-9-6-3)79-73(76)67-64-61-58-55-52-49-46-43-41-38-33-31-29-26-23-20-17-14-11-8-5-2/h7-8,10-11,16-17,19-20,25-29,32-34,36-38,40,42-44,46,48,51,70H,4-6,9,12-15,18,21-24,30-31,35,39,41,45,47,49-50,52-69H2,1-3H3/b10-7-,11-8-,19-16-,20-17-,28-25-,29-26-,34-32-,37-36-,38-33-,42-40-,44-27-,46-43-,51-48-. The van der Waals surface area contributed by atoms with Crippen LogP contribution in [0.2, 0.25) is 0 Å². The number of rotatable bonds is 56. The molecular formula is C73H116O6. The Morgan fingerprint density at radius 1 is 0.266 bits per heavy atom. The van der Waals surface area contributed by atoms with Crippen molar-refractivity contribution < 1.29 is 28.6 Å². The molecule has 0 saturated carbocycles. The van der Waals surface area contributed by atoms with E-state index in [0.717, 1.165) is 173 Å². The SMILES string of the molecule is CC/C=C\C/C=C\C/C=C\C/C=C\C/C=C\C/C=C\C/C=C\CCCCCC(=O)OCC(COC(=O)CCCCCCC/C=C\CCCCCCCC)OC(=O)CCCCCCC/C=C\C/C=C\C/C=C\C/C=C\C/C=C\CC. The number of carbonyl (C=O) groups is 3. The molecule has 0 fully saturated rings. The minimum Gasteiger partial charge on any atom is -0.462 e. The summed E-state index contributed by atoms with van der Waals surface area (Å²) in [5, 5.41) is 0. The molecule has 0 rings (SSSR count). The average molecular weight is 1090 g/mol. The number of carbonyl (C=O) groups excluding carboxylic acids is 3. The molecular weight excluding hydrogens is 973 g/mol. The molecule has 0 spiro atoms. The van der Waals surface area contributed by atoms with E-state index in [0.29, 0.717) is 12.8 Å². The summed E-state index contributed by atoms with van der Waals surface area (Å²) >= 11 is 0. The van der Waals surface area contributed by atoms with Crippen LogP contribution in [0, 0.1) is 0 Å². The summed E-state index contributed by atoms with van der Waals surface area (Å²) in [5.41, 5.74) is 0. The van der Waals surface area contributed by atoms with Gasteiger partial charge in [0.1, 0.15) is 13.2 Å². The number of esters is 3. The maximum absolute atomic E-state index is 12.9. The van der Waals surface area contributed by atoms with E-state index in [1.54, 1.807) is 0 Å². The van der Waals surface area contributed by atoms with E-state index < -0.39 is 6.10 Å². The molecule has 0 aliphatic carbocycles. The van der Waals surface area contributed by atoms with Gasteiger partial charge in [-0.25, -0.2) is 0 Å². The first kappa shape index (κ1) is 74.0. The second kappa shape index (κ2) is 65.5. The molecule has 0 amide bonds. The first-order valence-electron chi connectivity index (χ1n) is 32.0. The van der Waals surface area contributed by atoms with Gasteiger partial charge in [0, 0.05) is 19.3 Å². The highest BCUT2D eigenvalue weighted by Crippen LogP contribution is 2.14. The zero-order chi connectivity index (χ0) is 57.1. The van der Waals surface area contributed by atoms with Gasteiger partial charge >= 0.3 is 17.9 Å². The first-order chi connectivity index (χ1) is 39.0. The van der Waals surface area contributed by atoms with E-state index >= 15 is 0 Å². The predicted octanol–water partition coefficient (Wildman–Crippen LogP) is 22.1. The van der Waals surface area contributed by atoms with Crippen molar-refractivity contribution >= 4 is 17.9 Å². The molecule has 0 aromatic carbocycles. The zero-order valence-electron chi connectivity index (χ0n) is 50.8. The van der Waals surface area contributed by atoms with Crippen LogP contribution in [-0.4, -0.2) is 37.2 Å². The minimum absolute atomic E-state index is 0.108. The fourth-order valence-corrected chi connectivity index (χ4v) is 8.27. The molecule has 6 nitrogen and oxygen atoms in total. The Labute approximate surface area is 486 Å². The lowest BCUT2D eigenvalue weighted by Gasteiger charge is -2.18. The van der Waals surface area contributed by atoms with Gasteiger partial charge in [0.05, 0.1) is 0 Å². The van der Waals surface area contributed by atoms with Crippen LogP contribution in [0.5, 0.6) is 0 Å². The van der Waals surface area contributed by atoms with Crippen molar-refractivity contribution in [1.82, 2.24) is 0 Å². The predicted molar refractivity (Wildman–Crippen MR) is 343 cm³/mol. The molecule has 0 heterocycles. The summed E-state index contributed by atoms with van der Waals surface area (Å²) in [6.45, 7) is 6.35. The third-order valence-corrected chi connectivity index (χ3v) is 13.0. The Morgan fingerprint density at radius 2 is 0.494 bits per heavy atom. The van der Waals surface area contributed by atoms with Gasteiger partial charge in [-0.3, -0.25) is 14.4 Å². The van der Waals surface area contributed by atoms with Gasteiger partial charge in [-0.05, 0) is 148 Å². The van der Waals surface area contributed by atoms with Gasteiger partial charge in [0.15, 0.2) is 6.10 Å². The normalized spacial score (nSPS) is 13.2. The van der Waals surface area contributed by atoms with Gasteiger partial charge in [-0.15, -0.1) is 0 Å². The summed E-state index contributed by atoms with van der Waals surface area (Å²) in [7, 11) is 0. The second-order valence-electron chi connectivity index (χ2n) is 20.5. The van der Waals surface area contributed by atoms with E-state index in [4.69, 9.17) is 14.2 Å². The Bertz CT molecular complexity index is 1780. The molecule has 1 unspecified atom stereocenters. The molecule has 0 saturated heterocycles. The number of hydrogen-bond acceptors (Lipinski definition) is 6. The number of allylic oxidation sites excluding steroid dienone is 26. The van der Waals surface area contributed by atoms with Crippen LogP contribution in [0.3, 0.4) is 0 Å². The van der Waals surface area contributed by atoms with Crippen molar-refractivity contribution in [3.63, 3.8) is 0 Å². The van der Waals surface area contributed by atoms with Gasteiger partial charge in [-0.1, -0.05) is 256 Å². The largest absolute Gasteiger partial charge is 0.462 e. The lowest BCUT2D eigenvalue weighted by molar-refractivity contribution is -0.167. The maximum atomic E-state index is 12.9. The summed E-state index contributed by atoms with van der Waals surface area (Å²) in [6, 6.07) is 0. The summed E-state index contributed by atoms with van der Waals surface area (Å²) < 4.78 is 16.9. The van der Waals surface area contributed by atoms with Crippen molar-refractivity contribution in [2.75, 3.05) is 13.2 Å². The van der Waals surface area contributed by atoms with Crippen molar-refractivity contribution in [2.45, 2.75) is 271 Å². The fourth-order valence-electron chi connectivity index (χ4n) is 8.27. The molecule has 0 N–H and O–H groups in total. The van der Waals surface area contributed by atoms with E-state index in [-0.39, 0.29) is 37.5 Å². The van der Waals surface area contributed by atoms with E-state index in [1.807, 2.05) is 0 Å². The van der Waals surface area contributed by atoms with Gasteiger partial charge in [0.2, 0.25) is 0 Å². The molecule has 0 aromatic heterocycles. The fraction of sp³-hybridized carbons (Fsp3) is 0.603. The van der Waals surface area contributed by atoms with E-state index in [2.05, 4.69) is 179 Å². The highest BCUT2D eigenvalue weighted by molar-refractivity contribution is 5.71. The van der Waals surface area contributed by atoms with Crippen LogP contribution < -0.4 is 0 Å². The molecule has 79 heavy (non-hydrogen) atoms. The van der Waals surface area contributed by atoms with Crippen molar-refractivity contribution in [2.24, 2.45) is 0 Å². The highest BCUT2D eigenvalue weighted by atomic mass is 16.6. The van der Waals surface area contributed by atoms with Crippen LogP contribution in [0.4, 0.5) is 0 Å². The average Bonchev–Trinajstić information content (AvgIpc) is 3.45. The zero-order valence-corrected chi connectivity index (χ0v) is 50.8. The van der Waals surface area contributed by atoms with Crippen LogP contribution in [-0.2, 0) is 28.6 Å². The maximum Gasteiger partial charge on any atom is 0.306 e. The number of unbranched alkanes of at least 4 members (excludes halogenated alkanes) is 19. The van der Waals surface area contributed by atoms with Crippen molar-refractivity contribution in [3.8, 4) is 0 Å². The third-order valence-electron chi connectivity index (χ3n) is 13.0. The summed E-state index contributed by atoms with van der Waals surface area (Å²) in [4.78, 5) is 38.3. The highest BCUT2D eigenvalue weighted by Gasteiger charge is 2.19. The van der Waals surface area contributed by atoms with Crippen molar-refractivity contribution in [1.29, 1.82) is 0 Å². The van der Waals surface area contributed by atoms with Gasteiger partial charge < -0.3 is 14.2 Å². The molecule has 0 aliphatic rings. The van der Waals surface area contributed by atoms with Crippen LogP contribution in [0.25, 0.3) is 0 Å². The third kappa shape index (κ3) is 63.7. The minimum atomic E-state index is -0.815. The summed E-state index contributed by atoms with van der Waals surface area (Å²) in [6.07, 6.45) is 95.2. The molecule has 6 heteroatoms. The second-order valence-corrected chi connectivity index (χ2v) is 20.5. The van der Waals surface area contributed by atoms with Gasteiger partial charge in [-0.2, -0.15) is 0 Å². The van der Waals surface area contributed by atoms with E-state index in [9.17, 15) is 14.4 Å². The van der Waals surface area contributed by atoms with Crippen LogP contribution >= 0.6 is 0 Å². The summed E-state index contributed by atoms with van der Waals surface area (Å²) in [5.74, 6) is -0.971. The first-order valence-corrected chi connectivity index (χ1v) is 32.0. The Morgan fingerprint density at radius 3 is 0.797 bits per heavy atom. The Hall–Kier alpha value is -4.97. The Balaban J connectivity index is 4.52. The Kier molecular flexibility index (Phi) is 61.4. The molecule has 0 aliphatic heterocycles. The van der Waals surface area contributed by atoms with E-state index in [1.165, 1.54) is 51.4 Å². The number of ether oxygens (including phenoxy) is 3. The lowest BCUT2D eigenvalue weighted by atomic mass is 10.1. The topological polar surface area (TPSA) is 78.9 Å². The molecule has 0 radical (unpaired) electrons. The monoisotopic (exact) mass is 1090 g/mol. The molecule has 0 aromatic rings. The molecule has 1 atom stereocenters. The van der Waals surface area contributed by atoms with Crippen LogP contribution in [0.15, 0.2) is 158 Å². The van der Waals surface area contributed by atoms with Crippen molar-refractivity contribution in [3.05, 3.63) is 158 Å². The molecule has 444 valence electrons. The quantitative estimate of drug-likeness (QED) is 0.0261. The lowest BCUT2D eigenvalue weighted by Crippen LogP contribution is -2.30. The van der Waals surface area contributed by atoms with Gasteiger partial charge in [0.25, 0.3) is 0 Å². The van der Waals surface area contributed by atoms with Crippen LogP contribution in [0.1, 0.15) is 265 Å².